The molecular formula is C22H25Cl2N3. The van der Waals surface area contributed by atoms with Crippen molar-refractivity contribution in [2.75, 3.05) is 5.73 Å². The molecule has 0 aliphatic heterocycles. The molecule has 2 aromatic rings. The standard InChI is InChI=1S/C22H25Cl2N3/c23-18-12-11-15(13-19(18)24)21-16-9-7-5-3-1-2-4-6-8-10-20(16)27-22(26)17(21)14-25/h11-13H,1-10H2,(H2,26,27). The molecule has 0 unspecified atom stereocenters. The van der Waals surface area contributed by atoms with Crippen molar-refractivity contribution in [3.05, 3.63) is 45.1 Å². The van der Waals surface area contributed by atoms with E-state index in [1.54, 1.807) is 6.07 Å². The number of anilines is 1. The average molecular weight is 402 g/mol. The van der Waals surface area contributed by atoms with Crippen LogP contribution in [-0.4, -0.2) is 4.98 Å². The molecule has 1 aromatic heterocycles. The average Bonchev–Trinajstić information content (AvgIpc) is 2.64. The van der Waals surface area contributed by atoms with Gasteiger partial charge in [-0.05, 0) is 48.9 Å². The van der Waals surface area contributed by atoms with Gasteiger partial charge in [0.1, 0.15) is 17.5 Å². The van der Waals surface area contributed by atoms with Crippen LogP contribution < -0.4 is 5.73 Å². The van der Waals surface area contributed by atoms with Crippen molar-refractivity contribution in [1.82, 2.24) is 4.98 Å². The second-order valence-corrected chi connectivity index (χ2v) is 8.06. The van der Waals surface area contributed by atoms with Crippen molar-refractivity contribution in [3.63, 3.8) is 0 Å². The minimum absolute atomic E-state index is 0.310. The predicted octanol–water partition coefficient (Wildman–Crippen LogP) is 6.73. The van der Waals surface area contributed by atoms with Gasteiger partial charge < -0.3 is 5.73 Å². The van der Waals surface area contributed by atoms with Gasteiger partial charge in [-0.2, -0.15) is 5.26 Å². The van der Waals surface area contributed by atoms with Gasteiger partial charge in [0.2, 0.25) is 0 Å². The number of benzene rings is 1. The van der Waals surface area contributed by atoms with Crippen LogP contribution in [0.15, 0.2) is 18.2 Å². The van der Waals surface area contributed by atoms with Gasteiger partial charge in [0.15, 0.2) is 0 Å². The number of hydrogen-bond acceptors (Lipinski definition) is 3. The van der Waals surface area contributed by atoms with E-state index in [0.717, 1.165) is 48.1 Å². The summed E-state index contributed by atoms with van der Waals surface area (Å²) in [6.45, 7) is 0. The van der Waals surface area contributed by atoms with E-state index in [1.807, 2.05) is 12.1 Å². The third-order valence-electron chi connectivity index (χ3n) is 5.32. The number of aromatic nitrogens is 1. The molecule has 0 bridgehead atoms. The van der Waals surface area contributed by atoms with E-state index in [-0.39, 0.29) is 0 Å². The smallest absolute Gasteiger partial charge is 0.142 e. The zero-order valence-corrected chi connectivity index (χ0v) is 17.0. The number of hydrogen-bond donors (Lipinski definition) is 1. The van der Waals surface area contributed by atoms with Crippen LogP contribution in [-0.2, 0) is 12.8 Å². The van der Waals surface area contributed by atoms with E-state index >= 15 is 0 Å². The number of nitrogens with zero attached hydrogens (tertiary/aromatic N) is 2. The maximum absolute atomic E-state index is 9.77. The first-order valence-electron chi connectivity index (χ1n) is 9.78. The maximum atomic E-state index is 9.77. The fraction of sp³-hybridized carbons (Fsp3) is 0.455. The SMILES string of the molecule is N#Cc1c(N)nc2c(c1-c1ccc(Cl)c(Cl)c1)CCCCCCCCCC2. The van der Waals surface area contributed by atoms with Gasteiger partial charge in [-0.25, -0.2) is 4.98 Å². The molecule has 1 aromatic carbocycles. The lowest BCUT2D eigenvalue weighted by Gasteiger charge is -2.19. The molecule has 0 fully saturated rings. The molecule has 0 amide bonds. The second kappa shape index (κ2) is 9.44. The molecule has 0 atom stereocenters. The Balaban J connectivity index is 2.14. The predicted molar refractivity (Wildman–Crippen MR) is 113 cm³/mol. The van der Waals surface area contributed by atoms with E-state index in [9.17, 15) is 5.26 Å². The largest absolute Gasteiger partial charge is 0.383 e. The van der Waals surface area contributed by atoms with Crippen molar-refractivity contribution in [2.24, 2.45) is 0 Å². The van der Waals surface area contributed by atoms with Crippen LogP contribution in [0.4, 0.5) is 5.82 Å². The molecule has 0 saturated heterocycles. The number of nitrogens with two attached hydrogens (primary N) is 1. The van der Waals surface area contributed by atoms with E-state index in [0.29, 0.717) is 21.4 Å². The minimum Gasteiger partial charge on any atom is -0.383 e. The fourth-order valence-electron chi connectivity index (χ4n) is 3.91. The van der Waals surface area contributed by atoms with Crippen LogP contribution >= 0.6 is 23.2 Å². The zero-order chi connectivity index (χ0) is 19.2. The molecule has 1 aliphatic rings. The van der Waals surface area contributed by atoms with Crippen LogP contribution in [0.5, 0.6) is 0 Å². The highest BCUT2D eigenvalue weighted by Crippen LogP contribution is 2.37. The summed E-state index contributed by atoms with van der Waals surface area (Å²) in [6, 6.07) is 7.79. The monoisotopic (exact) mass is 401 g/mol. The van der Waals surface area contributed by atoms with E-state index in [1.165, 1.54) is 38.5 Å². The van der Waals surface area contributed by atoms with Gasteiger partial charge in [0.05, 0.1) is 10.0 Å². The van der Waals surface area contributed by atoms with E-state index in [2.05, 4.69) is 11.1 Å². The number of fused-ring (bicyclic) bond motifs is 1. The Morgan fingerprint density at radius 2 is 1.52 bits per heavy atom. The summed E-state index contributed by atoms with van der Waals surface area (Å²) in [5, 5.41) is 10.8. The van der Waals surface area contributed by atoms with Crippen LogP contribution in [0.2, 0.25) is 10.0 Å². The Bertz CT molecular complexity index is 856. The van der Waals surface area contributed by atoms with Crippen molar-refractivity contribution in [2.45, 2.75) is 64.2 Å². The summed E-state index contributed by atoms with van der Waals surface area (Å²) in [5.74, 6) is 0.310. The number of rotatable bonds is 1. The Kier molecular flexibility index (Phi) is 6.99. The Hall–Kier alpha value is -1.76. The number of halogens is 2. The molecule has 0 radical (unpaired) electrons. The first kappa shape index (κ1) is 20.0. The van der Waals surface area contributed by atoms with Crippen LogP contribution in [0.3, 0.4) is 0 Å². The highest BCUT2D eigenvalue weighted by molar-refractivity contribution is 6.42. The molecule has 0 saturated carbocycles. The first-order chi connectivity index (χ1) is 13.1. The molecule has 27 heavy (non-hydrogen) atoms. The van der Waals surface area contributed by atoms with Crippen molar-refractivity contribution >= 4 is 29.0 Å². The molecule has 2 N–H and O–H groups in total. The third kappa shape index (κ3) is 4.75. The number of nitrogen functional groups attached to an aromatic ring is 1. The van der Waals surface area contributed by atoms with E-state index < -0.39 is 0 Å². The highest BCUT2D eigenvalue weighted by atomic mass is 35.5. The first-order valence-corrected chi connectivity index (χ1v) is 10.5. The van der Waals surface area contributed by atoms with Gasteiger partial charge in [-0.1, -0.05) is 67.8 Å². The summed E-state index contributed by atoms with van der Waals surface area (Å²) >= 11 is 12.4. The van der Waals surface area contributed by atoms with Crippen LogP contribution in [0.25, 0.3) is 11.1 Å². The molecule has 0 spiro atoms. The molecular weight excluding hydrogens is 377 g/mol. The summed E-state index contributed by atoms with van der Waals surface area (Å²) < 4.78 is 0. The molecule has 1 aliphatic carbocycles. The van der Waals surface area contributed by atoms with Crippen molar-refractivity contribution < 1.29 is 0 Å². The summed E-state index contributed by atoms with van der Waals surface area (Å²) in [6.07, 6.45) is 11.6. The zero-order valence-electron chi connectivity index (χ0n) is 15.5. The van der Waals surface area contributed by atoms with Crippen LogP contribution in [0, 0.1) is 11.3 Å². The van der Waals surface area contributed by atoms with Crippen molar-refractivity contribution in [3.8, 4) is 17.2 Å². The Morgan fingerprint density at radius 3 is 2.15 bits per heavy atom. The number of aryl methyl sites for hydroxylation is 1. The van der Waals surface area contributed by atoms with Gasteiger partial charge in [0.25, 0.3) is 0 Å². The summed E-state index contributed by atoms with van der Waals surface area (Å²) in [5.41, 5.74) is 10.6. The van der Waals surface area contributed by atoms with Gasteiger partial charge >= 0.3 is 0 Å². The second-order valence-electron chi connectivity index (χ2n) is 7.24. The lowest BCUT2D eigenvalue weighted by Crippen LogP contribution is -2.09. The lowest BCUT2D eigenvalue weighted by atomic mass is 9.89. The number of pyridine rings is 1. The minimum atomic E-state index is 0.310. The Morgan fingerprint density at radius 1 is 0.889 bits per heavy atom. The third-order valence-corrected chi connectivity index (χ3v) is 6.06. The van der Waals surface area contributed by atoms with Crippen molar-refractivity contribution in [1.29, 1.82) is 5.26 Å². The molecule has 1 heterocycles. The van der Waals surface area contributed by atoms with E-state index in [4.69, 9.17) is 28.9 Å². The molecule has 3 rings (SSSR count). The normalized spacial score (nSPS) is 15.9. The molecule has 5 heteroatoms. The molecule has 142 valence electrons. The number of nitriles is 1. The summed E-state index contributed by atoms with van der Waals surface area (Å²) in [7, 11) is 0. The lowest BCUT2D eigenvalue weighted by molar-refractivity contribution is 0.557. The highest BCUT2D eigenvalue weighted by Gasteiger charge is 2.20. The van der Waals surface area contributed by atoms with Gasteiger partial charge in [-0.3, -0.25) is 0 Å². The maximum Gasteiger partial charge on any atom is 0.142 e. The van der Waals surface area contributed by atoms with Gasteiger partial charge in [0, 0.05) is 11.3 Å². The quantitative estimate of drug-likeness (QED) is 0.575. The fourth-order valence-corrected chi connectivity index (χ4v) is 4.20. The topological polar surface area (TPSA) is 62.7 Å². The van der Waals surface area contributed by atoms with Crippen LogP contribution in [0.1, 0.15) is 68.2 Å². The molecule has 3 nitrogen and oxygen atoms in total. The Labute approximate surface area is 171 Å². The van der Waals surface area contributed by atoms with Gasteiger partial charge in [-0.15, -0.1) is 0 Å². The summed E-state index contributed by atoms with van der Waals surface area (Å²) in [4.78, 5) is 4.63.